The lowest BCUT2D eigenvalue weighted by molar-refractivity contribution is -0.133. The lowest BCUT2D eigenvalue weighted by Gasteiger charge is -2.33. The average Bonchev–Trinajstić information content (AvgIpc) is 2.49. The van der Waals surface area contributed by atoms with Gasteiger partial charge in [0.1, 0.15) is 6.17 Å². The van der Waals surface area contributed by atoms with E-state index in [-0.39, 0.29) is 16.2 Å². The van der Waals surface area contributed by atoms with Crippen molar-refractivity contribution in [1.29, 1.82) is 0 Å². The molecular weight excluding hydrogens is 338 g/mol. The Morgan fingerprint density at radius 3 is 2.67 bits per heavy atom. The number of allylic oxidation sites excluding steroid dienone is 5. The number of carboxylic acid groups (broad SMARTS) is 1. The minimum Gasteiger partial charge on any atom is -0.478 e. The molecule has 0 aliphatic carbocycles. The van der Waals surface area contributed by atoms with Gasteiger partial charge in [0.05, 0.1) is 11.6 Å². The molecule has 24 heavy (non-hydrogen) atoms. The topological polar surface area (TPSA) is 61.4 Å². The molecular formula is C17H21ClF2N2O2. The minimum atomic E-state index is -3.18. The van der Waals surface area contributed by atoms with Gasteiger partial charge in [-0.1, -0.05) is 29.8 Å². The zero-order valence-corrected chi connectivity index (χ0v) is 14.5. The second-order valence-corrected chi connectivity index (χ2v) is 5.93. The van der Waals surface area contributed by atoms with Crippen LogP contribution in [0.2, 0.25) is 0 Å². The standard InChI is InChI=1S/C17H21ClF2N2O2/c1-5-11(18)9-13(10(2)3)14(17(4,19)20)22-15-12(16(23)24)7-6-8-21-15/h5-9,14-15,21-22H,2H2,1,3-4H3,(H,23,24)/b11-5+,13-9+. The zero-order valence-electron chi connectivity index (χ0n) is 13.7. The molecule has 1 aliphatic heterocycles. The molecule has 1 heterocycles. The van der Waals surface area contributed by atoms with E-state index >= 15 is 0 Å². The normalized spacial score (nSPS) is 20.2. The number of dihydropyridines is 1. The first-order valence-electron chi connectivity index (χ1n) is 7.27. The van der Waals surface area contributed by atoms with Gasteiger partial charge < -0.3 is 10.4 Å². The summed E-state index contributed by atoms with van der Waals surface area (Å²) in [4.78, 5) is 11.3. The highest BCUT2D eigenvalue weighted by Gasteiger charge is 2.39. The van der Waals surface area contributed by atoms with Crippen LogP contribution in [-0.4, -0.2) is 29.2 Å². The van der Waals surface area contributed by atoms with Crippen molar-refractivity contribution in [3.8, 4) is 0 Å². The first-order chi connectivity index (χ1) is 11.1. The van der Waals surface area contributed by atoms with Gasteiger partial charge in [0.25, 0.3) is 5.92 Å². The SMILES string of the molecule is C=C(C)/C(=C\C(Cl)=C/C)C(NC1NC=CC=C1C(=O)O)C(C)(F)F. The van der Waals surface area contributed by atoms with Gasteiger partial charge in [-0.25, -0.2) is 13.6 Å². The number of nitrogens with one attached hydrogen (secondary N) is 2. The van der Waals surface area contributed by atoms with Crippen LogP contribution < -0.4 is 10.6 Å². The third kappa shape index (κ3) is 5.32. The Morgan fingerprint density at radius 2 is 2.21 bits per heavy atom. The molecule has 0 radical (unpaired) electrons. The Balaban J connectivity index is 3.25. The van der Waals surface area contributed by atoms with E-state index in [9.17, 15) is 18.7 Å². The number of aliphatic carboxylic acids is 1. The number of carbonyl (C=O) groups is 1. The van der Waals surface area contributed by atoms with E-state index in [1.54, 1.807) is 19.9 Å². The van der Waals surface area contributed by atoms with Gasteiger partial charge in [-0.15, -0.1) is 0 Å². The number of hydrogen-bond donors (Lipinski definition) is 3. The third-order valence-electron chi connectivity index (χ3n) is 3.41. The summed E-state index contributed by atoms with van der Waals surface area (Å²) in [5.41, 5.74) is 0.540. The number of halogens is 3. The molecule has 0 bridgehead atoms. The highest BCUT2D eigenvalue weighted by molar-refractivity contribution is 6.31. The van der Waals surface area contributed by atoms with Crippen LogP contribution in [0.5, 0.6) is 0 Å². The van der Waals surface area contributed by atoms with Crippen LogP contribution in [0.3, 0.4) is 0 Å². The fourth-order valence-electron chi connectivity index (χ4n) is 2.18. The highest BCUT2D eigenvalue weighted by atomic mass is 35.5. The van der Waals surface area contributed by atoms with Crippen molar-refractivity contribution in [3.63, 3.8) is 0 Å². The number of hydrogen-bond acceptors (Lipinski definition) is 3. The van der Waals surface area contributed by atoms with E-state index < -0.39 is 24.1 Å². The van der Waals surface area contributed by atoms with Crippen molar-refractivity contribution in [2.75, 3.05) is 0 Å². The number of alkyl halides is 2. The van der Waals surface area contributed by atoms with Crippen LogP contribution in [0, 0.1) is 0 Å². The Hall–Kier alpha value is -1.92. The molecule has 7 heteroatoms. The van der Waals surface area contributed by atoms with Gasteiger partial charge in [0.15, 0.2) is 0 Å². The van der Waals surface area contributed by atoms with E-state index in [2.05, 4.69) is 17.2 Å². The summed E-state index contributed by atoms with van der Waals surface area (Å²) < 4.78 is 28.4. The maximum Gasteiger partial charge on any atom is 0.335 e. The molecule has 2 atom stereocenters. The molecule has 0 aromatic heterocycles. The summed E-state index contributed by atoms with van der Waals surface area (Å²) in [6.45, 7) is 7.76. The molecule has 0 saturated heterocycles. The summed E-state index contributed by atoms with van der Waals surface area (Å²) in [6.07, 6.45) is 6.33. The Morgan fingerprint density at radius 1 is 1.58 bits per heavy atom. The predicted molar refractivity (Wildman–Crippen MR) is 91.8 cm³/mol. The van der Waals surface area contributed by atoms with Gasteiger partial charge >= 0.3 is 5.97 Å². The molecule has 1 rings (SSSR count). The molecule has 0 aromatic carbocycles. The van der Waals surface area contributed by atoms with Crippen molar-refractivity contribution in [2.45, 2.75) is 38.9 Å². The quantitative estimate of drug-likeness (QED) is 0.607. The fourth-order valence-corrected chi connectivity index (χ4v) is 2.30. The summed E-state index contributed by atoms with van der Waals surface area (Å²) in [5.74, 6) is -4.38. The van der Waals surface area contributed by atoms with Crippen molar-refractivity contribution < 1.29 is 18.7 Å². The van der Waals surface area contributed by atoms with Crippen LogP contribution in [0.4, 0.5) is 8.78 Å². The summed E-state index contributed by atoms with van der Waals surface area (Å²) >= 11 is 5.96. The highest BCUT2D eigenvalue weighted by Crippen LogP contribution is 2.29. The molecule has 0 aromatic rings. The second-order valence-electron chi connectivity index (χ2n) is 5.50. The predicted octanol–water partition coefficient (Wildman–Crippen LogP) is 3.70. The Kier molecular flexibility index (Phi) is 6.93. The molecule has 0 amide bonds. The van der Waals surface area contributed by atoms with Crippen LogP contribution in [0.25, 0.3) is 0 Å². The Bertz CT molecular complexity index is 631. The van der Waals surface area contributed by atoms with E-state index in [1.165, 1.54) is 24.4 Å². The number of rotatable bonds is 7. The van der Waals surface area contributed by atoms with Crippen LogP contribution in [0.1, 0.15) is 20.8 Å². The van der Waals surface area contributed by atoms with Crippen molar-refractivity contribution in [1.82, 2.24) is 10.6 Å². The lowest BCUT2D eigenvalue weighted by atomic mass is 9.94. The first-order valence-corrected chi connectivity index (χ1v) is 7.65. The lowest BCUT2D eigenvalue weighted by Crippen LogP contribution is -2.55. The van der Waals surface area contributed by atoms with Gasteiger partial charge in [-0.3, -0.25) is 5.32 Å². The molecule has 0 fully saturated rings. The van der Waals surface area contributed by atoms with Gasteiger partial charge in [0, 0.05) is 12.0 Å². The third-order valence-corrected chi connectivity index (χ3v) is 3.73. The molecule has 2 unspecified atom stereocenters. The second kappa shape index (κ2) is 8.26. The zero-order chi connectivity index (χ0) is 18.5. The smallest absolute Gasteiger partial charge is 0.335 e. The minimum absolute atomic E-state index is 0.0649. The van der Waals surface area contributed by atoms with Gasteiger partial charge in [0.2, 0.25) is 0 Å². The molecule has 4 nitrogen and oxygen atoms in total. The van der Waals surface area contributed by atoms with E-state index in [0.29, 0.717) is 5.57 Å². The van der Waals surface area contributed by atoms with Crippen molar-refractivity contribution in [3.05, 3.63) is 58.8 Å². The summed E-state index contributed by atoms with van der Waals surface area (Å²) in [7, 11) is 0. The van der Waals surface area contributed by atoms with Crippen LogP contribution in [0.15, 0.2) is 58.8 Å². The maximum absolute atomic E-state index is 14.2. The van der Waals surface area contributed by atoms with Gasteiger partial charge in [-0.2, -0.15) is 0 Å². The van der Waals surface area contributed by atoms with E-state index in [1.807, 2.05) is 0 Å². The Labute approximate surface area is 145 Å². The molecule has 3 N–H and O–H groups in total. The van der Waals surface area contributed by atoms with E-state index in [4.69, 9.17) is 11.6 Å². The summed E-state index contributed by atoms with van der Waals surface area (Å²) in [6, 6.07) is -1.48. The monoisotopic (exact) mass is 358 g/mol. The fraction of sp³-hybridized carbons (Fsp3) is 0.353. The molecule has 0 saturated carbocycles. The largest absolute Gasteiger partial charge is 0.478 e. The molecule has 1 aliphatic rings. The maximum atomic E-state index is 14.2. The molecule has 0 spiro atoms. The van der Waals surface area contributed by atoms with E-state index in [0.717, 1.165) is 6.92 Å². The average molecular weight is 359 g/mol. The van der Waals surface area contributed by atoms with Crippen LogP contribution >= 0.6 is 11.6 Å². The van der Waals surface area contributed by atoms with Gasteiger partial charge in [-0.05, 0) is 43.8 Å². The first kappa shape index (κ1) is 20.1. The van der Waals surface area contributed by atoms with Crippen molar-refractivity contribution in [2.24, 2.45) is 0 Å². The summed E-state index contributed by atoms with van der Waals surface area (Å²) in [5, 5.41) is 14.9. The van der Waals surface area contributed by atoms with Crippen molar-refractivity contribution >= 4 is 17.6 Å². The van der Waals surface area contributed by atoms with Crippen LogP contribution in [-0.2, 0) is 4.79 Å². The molecule has 132 valence electrons. The number of carboxylic acids is 1.